The molecular weight excluding hydrogens is 244 g/mol. The smallest absolute Gasteiger partial charge is 0.251 e. The number of rotatable bonds is 4. The van der Waals surface area contributed by atoms with Crippen LogP contribution in [-0.2, 0) is 4.79 Å². The molecule has 0 atom stereocenters. The Labute approximate surface area is 104 Å². The van der Waals surface area contributed by atoms with Gasteiger partial charge in [0.05, 0.1) is 0 Å². The molecule has 0 radical (unpaired) electrons. The fraction of sp³-hybridized carbons (Fsp3) is 0.300. The zero-order valence-electron chi connectivity index (χ0n) is 9.29. The number of nitrogens with two attached hydrogens (primary N) is 1. The fourth-order valence-corrected chi connectivity index (χ4v) is 1.38. The maximum Gasteiger partial charge on any atom is 0.251 e. The molecule has 0 aliphatic rings. The fourth-order valence-electron chi connectivity index (χ4n) is 1.16. The predicted molar refractivity (Wildman–Crippen MR) is 64.7 cm³/mol. The van der Waals surface area contributed by atoms with Crippen molar-refractivity contribution in [3.05, 3.63) is 22.8 Å². The summed E-state index contributed by atoms with van der Waals surface area (Å²) < 4.78 is 0. The Kier molecular flexibility index (Phi) is 4.71. The molecule has 7 heteroatoms. The lowest BCUT2D eigenvalue weighted by Crippen LogP contribution is -2.29. The topological polar surface area (TPSA) is 97.1 Å². The van der Waals surface area contributed by atoms with E-state index >= 15 is 0 Å². The summed E-state index contributed by atoms with van der Waals surface area (Å²) in [6, 6.07) is 2.83. The van der Waals surface area contributed by atoms with Gasteiger partial charge in [0.1, 0.15) is 11.0 Å². The molecule has 1 aromatic rings. The molecule has 6 nitrogen and oxygen atoms in total. The Bertz CT molecular complexity index is 416. The summed E-state index contributed by atoms with van der Waals surface area (Å²) in [5.41, 5.74) is 5.77. The standard InChI is InChI=1S/C10H13ClN4O2/c1-13-9(16)2-3-14-10(17)6-4-7(11)15-8(12)5-6/h4-5H,2-3H2,1H3,(H2,12,15)(H,13,16)(H,14,17). The van der Waals surface area contributed by atoms with Gasteiger partial charge >= 0.3 is 0 Å². The summed E-state index contributed by atoms with van der Waals surface area (Å²) >= 11 is 5.67. The van der Waals surface area contributed by atoms with Crippen LogP contribution in [0.1, 0.15) is 16.8 Å². The summed E-state index contributed by atoms with van der Waals surface area (Å²) in [5.74, 6) is -0.309. The summed E-state index contributed by atoms with van der Waals surface area (Å²) in [6.07, 6.45) is 0.219. The molecule has 92 valence electrons. The number of anilines is 1. The lowest BCUT2D eigenvalue weighted by molar-refractivity contribution is -0.120. The molecule has 0 aliphatic heterocycles. The van der Waals surface area contributed by atoms with Gasteiger partial charge in [0.2, 0.25) is 5.91 Å². The minimum absolute atomic E-state index is 0.141. The third-order valence-electron chi connectivity index (χ3n) is 1.99. The number of carbonyl (C=O) groups excluding carboxylic acids is 2. The normalized spacial score (nSPS) is 9.76. The van der Waals surface area contributed by atoms with Crippen molar-refractivity contribution < 1.29 is 9.59 Å². The highest BCUT2D eigenvalue weighted by atomic mass is 35.5. The van der Waals surface area contributed by atoms with Crippen LogP contribution >= 0.6 is 11.6 Å². The average Bonchev–Trinajstić information content (AvgIpc) is 2.27. The lowest BCUT2D eigenvalue weighted by atomic mass is 10.2. The maximum atomic E-state index is 11.6. The van der Waals surface area contributed by atoms with Crippen molar-refractivity contribution in [1.82, 2.24) is 15.6 Å². The third-order valence-corrected chi connectivity index (χ3v) is 2.19. The number of amides is 2. The van der Waals surface area contributed by atoms with Crippen LogP contribution in [0.5, 0.6) is 0 Å². The molecule has 0 fully saturated rings. The van der Waals surface area contributed by atoms with E-state index in [9.17, 15) is 9.59 Å². The van der Waals surface area contributed by atoms with Crippen LogP contribution in [0, 0.1) is 0 Å². The molecule has 1 heterocycles. The van der Waals surface area contributed by atoms with E-state index in [-0.39, 0.29) is 35.8 Å². The highest BCUT2D eigenvalue weighted by Gasteiger charge is 2.08. The van der Waals surface area contributed by atoms with Gasteiger partial charge in [-0.25, -0.2) is 4.98 Å². The molecule has 1 aromatic heterocycles. The molecule has 2 amide bonds. The molecule has 0 bridgehead atoms. The first-order valence-electron chi connectivity index (χ1n) is 4.94. The number of pyridine rings is 1. The lowest BCUT2D eigenvalue weighted by Gasteiger charge is -2.05. The van der Waals surface area contributed by atoms with Crippen molar-refractivity contribution in [2.45, 2.75) is 6.42 Å². The van der Waals surface area contributed by atoms with Crippen LogP contribution in [0.3, 0.4) is 0 Å². The van der Waals surface area contributed by atoms with Crippen molar-refractivity contribution in [2.24, 2.45) is 0 Å². The van der Waals surface area contributed by atoms with Crippen LogP contribution < -0.4 is 16.4 Å². The number of halogens is 1. The molecule has 0 aromatic carbocycles. The average molecular weight is 257 g/mol. The van der Waals surface area contributed by atoms with Gasteiger partial charge in [0, 0.05) is 25.6 Å². The monoisotopic (exact) mass is 256 g/mol. The van der Waals surface area contributed by atoms with Crippen LogP contribution in [0.25, 0.3) is 0 Å². The Morgan fingerprint density at radius 1 is 1.47 bits per heavy atom. The van der Waals surface area contributed by atoms with Crippen LogP contribution in [0.15, 0.2) is 12.1 Å². The SMILES string of the molecule is CNC(=O)CCNC(=O)c1cc(N)nc(Cl)c1. The highest BCUT2D eigenvalue weighted by molar-refractivity contribution is 6.29. The van der Waals surface area contributed by atoms with Gasteiger partial charge in [-0.15, -0.1) is 0 Å². The molecule has 17 heavy (non-hydrogen) atoms. The molecule has 4 N–H and O–H groups in total. The van der Waals surface area contributed by atoms with Gasteiger partial charge in [-0.2, -0.15) is 0 Å². The molecule has 0 spiro atoms. The second-order valence-corrected chi connectivity index (χ2v) is 3.67. The van der Waals surface area contributed by atoms with Gasteiger partial charge in [-0.3, -0.25) is 9.59 Å². The molecule has 0 unspecified atom stereocenters. The molecule has 0 aliphatic carbocycles. The Hall–Kier alpha value is -1.82. The quantitative estimate of drug-likeness (QED) is 0.670. The van der Waals surface area contributed by atoms with E-state index in [4.69, 9.17) is 17.3 Å². The number of nitrogens with one attached hydrogen (secondary N) is 2. The number of hydrogen-bond acceptors (Lipinski definition) is 4. The van der Waals surface area contributed by atoms with E-state index < -0.39 is 0 Å². The first-order valence-corrected chi connectivity index (χ1v) is 5.32. The van der Waals surface area contributed by atoms with Gasteiger partial charge in [-0.1, -0.05) is 11.6 Å². The number of carbonyl (C=O) groups is 2. The molecule has 1 rings (SSSR count). The van der Waals surface area contributed by atoms with E-state index in [1.54, 1.807) is 0 Å². The summed E-state index contributed by atoms with van der Waals surface area (Å²) in [6.45, 7) is 0.248. The van der Waals surface area contributed by atoms with E-state index in [1.165, 1.54) is 19.2 Å². The van der Waals surface area contributed by atoms with Crippen molar-refractivity contribution >= 4 is 29.2 Å². The van der Waals surface area contributed by atoms with Crippen LogP contribution in [0.4, 0.5) is 5.82 Å². The molecular formula is C10H13ClN4O2. The van der Waals surface area contributed by atoms with Gasteiger partial charge in [0.25, 0.3) is 5.91 Å². The largest absolute Gasteiger partial charge is 0.384 e. The van der Waals surface area contributed by atoms with Crippen LogP contribution in [-0.4, -0.2) is 30.4 Å². The maximum absolute atomic E-state index is 11.6. The van der Waals surface area contributed by atoms with Crippen LogP contribution in [0.2, 0.25) is 5.15 Å². The number of nitrogen functional groups attached to an aromatic ring is 1. The predicted octanol–water partition coefficient (Wildman–Crippen LogP) is 0.183. The Balaban J connectivity index is 2.55. The Morgan fingerprint density at radius 3 is 2.76 bits per heavy atom. The zero-order chi connectivity index (χ0) is 12.8. The van der Waals surface area contributed by atoms with E-state index in [0.717, 1.165) is 0 Å². The van der Waals surface area contributed by atoms with Crippen molar-refractivity contribution in [2.75, 3.05) is 19.3 Å². The Morgan fingerprint density at radius 2 is 2.18 bits per heavy atom. The first-order chi connectivity index (χ1) is 8.02. The van der Waals surface area contributed by atoms with Crippen molar-refractivity contribution in [3.8, 4) is 0 Å². The van der Waals surface area contributed by atoms with Gasteiger partial charge in [0.15, 0.2) is 0 Å². The van der Waals surface area contributed by atoms with Gasteiger partial charge in [-0.05, 0) is 12.1 Å². The second kappa shape index (κ2) is 6.05. The van der Waals surface area contributed by atoms with E-state index in [0.29, 0.717) is 5.56 Å². The van der Waals surface area contributed by atoms with Crippen molar-refractivity contribution in [1.29, 1.82) is 0 Å². The number of aromatic nitrogens is 1. The van der Waals surface area contributed by atoms with E-state index in [1.807, 2.05) is 0 Å². The zero-order valence-corrected chi connectivity index (χ0v) is 10.0. The number of hydrogen-bond donors (Lipinski definition) is 3. The van der Waals surface area contributed by atoms with Gasteiger partial charge < -0.3 is 16.4 Å². The molecule has 0 saturated carbocycles. The first kappa shape index (κ1) is 13.2. The summed E-state index contributed by atoms with van der Waals surface area (Å²) in [5, 5.41) is 5.19. The number of nitrogens with zero attached hydrogens (tertiary/aromatic N) is 1. The third kappa shape index (κ3) is 4.28. The van der Waals surface area contributed by atoms with E-state index in [2.05, 4.69) is 15.6 Å². The minimum atomic E-state index is -0.343. The van der Waals surface area contributed by atoms with Crippen molar-refractivity contribution in [3.63, 3.8) is 0 Å². The summed E-state index contributed by atoms with van der Waals surface area (Å²) in [4.78, 5) is 26.3. The summed E-state index contributed by atoms with van der Waals surface area (Å²) in [7, 11) is 1.54. The highest BCUT2D eigenvalue weighted by Crippen LogP contribution is 2.11. The minimum Gasteiger partial charge on any atom is -0.384 e. The second-order valence-electron chi connectivity index (χ2n) is 3.28. The molecule has 0 saturated heterocycles.